The van der Waals surface area contributed by atoms with Gasteiger partial charge in [0.05, 0.1) is 5.57 Å². The summed E-state index contributed by atoms with van der Waals surface area (Å²) in [5, 5.41) is 0. The first-order valence-electron chi connectivity index (χ1n) is 6.92. The number of esters is 1. The Morgan fingerprint density at radius 1 is 1.00 bits per heavy atom. The van der Waals surface area contributed by atoms with E-state index in [0.717, 1.165) is 0 Å². The van der Waals surface area contributed by atoms with Crippen molar-refractivity contribution in [1.82, 2.24) is 0 Å². The zero-order chi connectivity index (χ0) is 15.7. The predicted molar refractivity (Wildman–Crippen MR) is 79.3 cm³/mol. The Morgan fingerprint density at radius 3 is 2.09 bits per heavy atom. The summed E-state index contributed by atoms with van der Waals surface area (Å²) in [6, 6.07) is 17.0. The molecule has 1 atom stereocenters. The van der Waals surface area contributed by atoms with E-state index in [0.29, 0.717) is 11.1 Å². The van der Waals surface area contributed by atoms with Gasteiger partial charge in [-0.3, -0.25) is 4.79 Å². The lowest BCUT2D eigenvalue weighted by atomic mass is 10.1. The fourth-order valence-electron chi connectivity index (χ4n) is 2.58. The van der Waals surface area contributed by atoms with Gasteiger partial charge in [0.25, 0.3) is 5.92 Å². The lowest BCUT2D eigenvalue weighted by Crippen LogP contribution is -2.12. The molecule has 2 nitrogen and oxygen atoms in total. The number of hydrogen-bond donors (Lipinski definition) is 0. The minimum Gasteiger partial charge on any atom is -0.453 e. The lowest BCUT2D eigenvalue weighted by molar-refractivity contribution is -0.145. The van der Waals surface area contributed by atoms with Crippen LogP contribution >= 0.6 is 0 Å². The molecule has 0 aromatic heterocycles. The molecule has 0 spiro atoms. The average Bonchev–Trinajstić information content (AvgIpc) is 3.08. The number of allylic oxidation sites excluding steroid dienone is 1. The number of ether oxygens (including phenoxy) is 1. The second-order valence-corrected chi connectivity index (χ2v) is 5.13. The van der Waals surface area contributed by atoms with Crippen LogP contribution in [0, 0.1) is 0 Å². The van der Waals surface area contributed by atoms with Crippen molar-refractivity contribution in [2.75, 3.05) is 0 Å². The van der Waals surface area contributed by atoms with E-state index >= 15 is 0 Å². The molecule has 2 aromatic rings. The van der Waals surface area contributed by atoms with E-state index in [-0.39, 0.29) is 11.1 Å². The summed E-state index contributed by atoms with van der Waals surface area (Å²) in [7, 11) is 0. The summed E-state index contributed by atoms with van der Waals surface area (Å²) in [5.41, 5.74) is 0.803. The molecule has 1 aliphatic rings. The van der Waals surface area contributed by atoms with Crippen LogP contribution in [0.2, 0.25) is 0 Å². The Morgan fingerprint density at radius 2 is 1.55 bits per heavy atom. The first kappa shape index (κ1) is 14.4. The molecular formula is C18H14F2O2. The van der Waals surface area contributed by atoms with E-state index in [1.165, 1.54) is 6.92 Å². The van der Waals surface area contributed by atoms with Crippen LogP contribution in [0.3, 0.4) is 0 Å². The topological polar surface area (TPSA) is 26.3 Å². The molecule has 4 heteroatoms. The fourth-order valence-corrected chi connectivity index (χ4v) is 2.58. The quantitative estimate of drug-likeness (QED) is 0.783. The lowest BCUT2D eigenvalue weighted by Gasteiger charge is -2.15. The molecule has 1 aliphatic carbocycles. The van der Waals surface area contributed by atoms with Crippen molar-refractivity contribution in [3.05, 3.63) is 77.4 Å². The second kappa shape index (κ2) is 5.37. The van der Waals surface area contributed by atoms with Crippen LogP contribution in [0.5, 0.6) is 0 Å². The third-order valence-electron chi connectivity index (χ3n) is 3.57. The van der Waals surface area contributed by atoms with Gasteiger partial charge in [0.1, 0.15) is 0 Å². The van der Waals surface area contributed by atoms with Gasteiger partial charge in [-0.1, -0.05) is 60.7 Å². The highest BCUT2D eigenvalue weighted by molar-refractivity contribution is 5.92. The van der Waals surface area contributed by atoms with E-state index in [4.69, 9.17) is 4.74 Å². The van der Waals surface area contributed by atoms with Crippen LogP contribution in [0.4, 0.5) is 8.78 Å². The molecule has 22 heavy (non-hydrogen) atoms. The molecule has 0 N–H and O–H groups in total. The largest absolute Gasteiger partial charge is 0.453 e. The molecule has 112 valence electrons. The van der Waals surface area contributed by atoms with Crippen molar-refractivity contribution >= 4 is 11.5 Å². The highest BCUT2D eigenvalue weighted by Crippen LogP contribution is 2.60. The van der Waals surface area contributed by atoms with E-state index in [2.05, 4.69) is 0 Å². The number of rotatable bonds is 4. The van der Waals surface area contributed by atoms with Crippen molar-refractivity contribution in [2.24, 2.45) is 0 Å². The Kier molecular flexibility index (Phi) is 3.53. The number of alkyl halides is 2. The van der Waals surface area contributed by atoms with Crippen molar-refractivity contribution in [3.8, 4) is 0 Å². The molecule has 0 saturated carbocycles. The van der Waals surface area contributed by atoms with Crippen molar-refractivity contribution in [3.63, 3.8) is 0 Å². The maximum atomic E-state index is 14.3. The Balaban J connectivity index is 2.04. The standard InChI is InChI=1S/C18H14F2O2/c1-12(21)22-17(14-10-6-3-7-11-14)16-15(18(16,19)20)13-8-4-2-5-9-13/h2-11,17H,1H3. The summed E-state index contributed by atoms with van der Waals surface area (Å²) < 4.78 is 33.7. The summed E-state index contributed by atoms with van der Waals surface area (Å²) in [6.45, 7) is 1.22. The maximum Gasteiger partial charge on any atom is 0.303 e. The predicted octanol–water partition coefficient (Wildman–Crippen LogP) is 4.39. The van der Waals surface area contributed by atoms with Gasteiger partial charge >= 0.3 is 5.97 Å². The van der Waals surface area contributed by atoms with Gasteiger partial charge < -0.3 is 4.74 Å². The summed E-state index contributed by atoms with van der Waals surface area (Å²) in [5.74, 6) is -3.63. The summed E-state index contributed by atoms with van der Waals surface area (Å²) in [6.07, 6.45) is -1.05. The van der Waals surface area contributed by atoms with Gasteiger partial charge in [0, 0.05) is 12.5 Å². The summed E-state index contributed by atoms with van der Waals surface area (Å²) in [4.78, 5) is 11.3. The van der Waals surface area contributed by atoms with Gasteiger partial charge in [-0.25, -0.2) is 0 Å². The van der Waals surface area contributed by atoms with Crippen molar-refractivity contribution in [1.29, 1.82) is 0 Å². The van der Waals surface area contributed by atoms with Crippen molar-refractivity contribution < 1.29 is 18.3 Å². The molecule has 0 heterocycles. The Labute approximate surface area is 127 Å². The molecule has 0 radical (unpaired) electrons. The third kappa shape index (κ3) is 2.52. The van der Waals surface area contributed by atoms with Crippen LogP contribution in [0.1, 0.15) is 24.2 Å². The number of carbonyl (C=O) groups is 1. The number of halogens is 2. The van der Waals surface area contributed by atoms with Crippen LogP contribution in [-0.4, -0.2) is 11.9 Å². The van der Waals surface area contributed by atoms with Crippen LogP contribution in [0.15, 0.2) is 66.2 Å². The van der Waals surface area contributed by atoms with Crippen molar-refractivity contribution in [2.45, 2.75) is 19.0 Å². The van der Waals surface area contributed by atoms with Gasteiger partial charge in [-0.2, -0.15) is 8.78 Å². The molecule has 0 fully saturated rings. The van der Waals surface area contributed by atoms with Crippen LogP contribution < -0.4 is 0 Å². The zero-order valence-electron chi connectivity index (χ0n) is 11.9. The van der Waals surface area contributed by atoms with Gasteiger partial charge in [0.15, 0.2) is 6.10 Å². The first-order valence-corrected chi connectivity index (χ1v) is 6.92. The molecule has 0 amide bonds. The SMILES string of the molecule is CC(=O)OC(C1=C(c2ccccc2)C1(F)F)c1ccccc1. The van der Waals surface area contributed by atoms with Crippen LogP contribution in [0.25, 0.3) is 5.57 Å². The average molecular weight is 300 g/mol. The Hall–Kier alpha value is -2.49. The monoisotopic (exact) mass is 300 g/mol. The zero-order valence-corrected chi connectivity index (χ0v) is 11.9. The van der Waals surface area contributed by atoms with Crippen LogP contribution in [-0.2, 0) is 9.53 Å². The smallest absolute Gasteiger partial charge is 0.303 e. The molecule has 1 unspecified atom stereocenters. The van der Waals surface area contributed by atoms with Gasteiger partial charge in [-0.05, 0) is 11.1 Å². The normalized spacial score (nSPS) is 17.0. The number of benzene rings is 2. The molecule has 0 bridgehead atoms. The minimum absolute atomic E-state index is 0.0526. The van der Waals surface area contributed by atoms with Gasteiger partial charge in [-0.15, -0.1) is 0 Å². The van der Waals surface area contributed by atoms with E-state index in [1.54, 1.807) is 60.7 Å². The molecule has 3 rings (SSSR count). The molecular weight excluding hydrogens is 286 g/mol. The van der Waals surface area contributed by atoms with Gasteiger partial charge in [0.2, 0.25) is 0 Å². The highest BCUT2D eigenvalue weighted by Gasteiger charge is 2.60. The van der Waals surface area contributed by atoms with E-state index < -0.39 is 18.0 Å². The third-order valence-corrected chi connectivity index (χ3v) is 3.57. The highest BCUT2D eigenvalue weighted by atomic mass is 19.3. The molecule has 0 saturated heterocycles. The molecule has 2 aromatic carbocycles. The van der Waals surface area contributed by atoms with E-state index in [1.807, 2.05) is 0 Å². The maximum absolute atomic E-state index is 14.3. The first-order chi connectivity index (χ1) is 10.5. The van der Waals surface area contributed by atoms with E-state index in [9.17, 15) is 13.6 Å². The summed E-state index contributed by atoms with van der Waals surface area (Å²) >= 11 is 0. The Bertz CT molecular complexity index is 721. The second-order valence-electron chi connectivity index (χ2n) is 5.13. The fraction of sp³-hybridized carbons (Fsp3) is 0.167. The number of hydrogen-bond acceptors (Lipinski definition) is 2. The number of carbonyl (C=O) groups excluding carboxylic acids is 1. The molecule has 0 aliphatic heterocycles. The minimum atomic E-state index is -3.04.